The molecule has 3 heteroatoms. The van der Waals surface area contributed by atoms with Gasteiger partial charge in [-0.3, -0.25) is 0 Å². The fourth-order valence-electron chi connectivity index (χ4n) is 1.10. The molecule has 1 aromatic carbocycles. The maximum atomic E-state index is 4.94. The molecular weight excluding hydrogens is 160 g/mol. The van der Waals surface area contributed by atoms with E-state index in [9.17, 15) is 0 Å². The number of benzene rings is 1. The van der Waals surface area contributed by atoms with Crippen LogP contribution in [0.25, 0.3) is 0 Å². The van der Waals surface area contributed by atoms with E-state index in [2.05, 4.69) is 12.6 Å². The lowest BCUT2D eigenvalue weighted by Crippen LogP contribution is -2.10. The Kier molecular flexibility index (Phi) is 1.75. The first-order valence-electron chi connectivity index (χ1n) is 3.47. The molecule has 1 aliphatic rings. The molecule has 0 bridgehead atoms. The standard InChI is InChI=1S/C8H8O2S/c11-7-1-2-8-6(5-7)3-4-9-10-8/h1-2,5,11H,3-4H2. The Balaban J connectivity index is 2.43. The van der Waals surface area contributed by atoms with Gasteiger partial charge in [-0.25, -0.2) is 0 Å². The Morgan fingerprint density at radius 1 is 1.36 bits per heavy atom. The van der Waals surface area contributed by atoms with E-state index in [1.165, 1.54) is 5.56 Å². The van der Waals surface area contributed by atoms with Gasteiger partial charge in [0, 0.05) is 16.9 Å². The zero-order valence-corrected chi connectivity index (χ0v) is 6.80. The normalized spacial score (nSPS) is 15.4. The van der Waals surface area contributed by atoms with Crippen molar-refractivity contribution < 1.29 is 9.78 Å². The van der Waals surface area contributed by atoms with E-state index >= 15 is 0 Å². The molecule has 0 saturated heterocycles. The van der Waals surface area contributed by atoms with Crippen molar-refractivity contribution in [1.82, 2.24) is 0 Å². The van der Waals surface area contributed by atoms with Crippen LogP contribution in [-0.4, -0.2) is 6.61 Å². The molecule has 1 aromatic rings. The monoisotopic (exact) mass is 168 g/mol. The molecule has 0 atom stereocenters. The van der Waals surface area contributed by atoms with Gasteiger partial charge in [0.05, 0.1) is 6.61 Å². The predicted molar refractivity (Wildman–Crippen MR) is 44.0 cm³/mol. The van der Waals surface area contributed by atoms with Crippen LogP contribution in [0.1, 0.15) is 5.56 Å². The molecule has 0 fully saturated rings. The fourth-order valence-corrected chi connectivity index (χ4v) is 1.33. The maximum absolute atomic E-state index is 4.94. The fraction of sp³-hybridized carbons (Fsp3) is 0.250. The van der Waals surface area contributed by atoms with Crippen LogP contribution in [0.3, 0.4) is 0 Å². The maximum Gasteiger partial charge on any atom is 0.168 e. The van der Waals surface area contributed by atoms with Gasteiger partial charge < -0.3 is 4.89 Å². The van der Waals surface area contributed by atoms with Gasteiger partial charge in [-0.1, -0.05) is 0 Å². The second kappa shape index (κ2) is 2.75. The number of hydrogen-bond donors (Lipinski definition) is 1. The molecular formula is C8H8O2S. The summed E-state index contributed by atoms with van der Waals surface area (Å²) in [5.41, 5.74) is 1.17. The first kappa shape index (κ1) is 7.00. The Bertz CT molecular complexity index is 273. The highest BCUT2D eigenvalue weighted by Gasteiger charge is 2.10. The summed E-state index contributed by atoms with van der Waals surface area (Å²) in [6, 6.07) is 5.76. The average molecular weight is 168 g/mol. The van der Waals surface area contributed by atoms with Gasteiger partial charge in [-0.2, -0.15) is 4.89 Å². The Labute approximate surface area is 70.5 Å². The van der Waals surface area contributed by atoms with E-state index in [-0.39, 0.29) is 0 Å². The van der Waals surface area contributed by atoms with Gasteiger partial charge in [-0.05, 0) is 18.2 Å². The van der Waals surface area contributed by atoms with Crippen LogP contribution in [-0.2, 0) is 11.3 Å². The largest absolute Gasteiger partial charge is 0.337 e. The highest BCUT2D eigenvalue weighted by Crippen LogP contribution is 2.25. The van der Waals surface area contributed by atoms with Crippen molar-refractivity contribution in [1.29, 1.82) is 0 Å². The molecule has 58 valence electrons. The molecule has 0 aliphatic carbocycles. The van der Waals surface area contributed by atoms with Crippen LogP contribution in [0.4, 0.5) is 0 Å². The lowest BCUT2D eigenvalue weighted by Gasteiger charge is -2.15. The molecule has 2 rings (SSSR count). The van der Waals surface area contributed by atoms with Crippen molar-refractivity contribution in [3.63, 3.8) is 0 Å². The number of fused-ring (bicyclic) bond motifs is 1. The van der Waals surface area contributed by atoms with Crippen LogP contribution >= 0.6 is 12.6 Å². The van der Waals surface area contributed by atoms with Crippen molar-refractivity contribution in [2.24, 2.45) is 0 Å². The highest BCUT2D eigenvalue weighted by molar-refractivity contribution is 7.80. The molecule has 0 N–H and O–H groups in total. The van der Waals surface area contributed by atoms with Crippen LogP contribution < -0.4 is 4.89 Å². The zero-order valence-electron chi connectivity index (χ0n) is 5.91. The number of hydrogen-bond acceptors (Lipinski definition) is 3. The van der Waals surface area contributed by atoms with Crippen molar-refractivity contribution in [2.45, 2.75) is 11.3 Å². The van der Waals surface area contributed by atoms with Crippen molar-refractivity contribution >= 4 is 12.6 Å². The lowest BCUT2D eigenvalue weighted by atomic mass is 10.1. The van der Waals surface area contributed by atoms with E-state index in [4.69, 9.17) is 9.78 Å². The summed E-state index contributed by atoms with van der Waals surface area (Å²) in [6.45, 7) is 0.629. The first-order valence-corrected chi connectivity index (χ1v) is 3.92. The zero-order chi connectivity index (χ0) is 7.68. The second-order valence-corrected chi connectivity index (χ2v) is 2.96. The van der Waals surface area contributed by atoms with Crippen LogP contribution in [0.15, 0.2) is 23.1 Å². The average Bonchev–Trinajstić information content (AvgIpc) is 2.04. The van der Waals surface area contributed by atoms with Gasteiger partial charge >= 0.3 is 0 Å². The number of rotatable bonds is 0. The summed E-state index contributed by atoms with van der Waals surface area (Å²) in [7, 11) is 0. The second-order valence-electron chi connectivity index (χ2n) is 2.45. The lowest BCUT2D eigenvalue weighted by molar-refractivity contribution is -0.215. The van der Waals surface area contributed by atoms with Gasteiger partial charge in [0.1, 0.15) is 0 Å². The summed E-state index contributed by atoms with van der Waals surface area (Å²) in [5.74, 6) is 0.814. The molecule has 0 unspecified atom stereocenters. The third-order valence-corrected chi connectivity index (χ3v) is 1.93. The van der Waals surface area contributed by atoms with Crippen LogP contribution in [0.5, 0.6) is 5.75 Å². The summed E-state index contributed by atoms with van der Waals surface area (Å²) >= 11 is 4.22. The van der Waals surface area contributed by atoms with Gasteiger partial charge in [0.2, 0.25) is 0 Å². The van der Waals surface area contributed by atoms with Gasteiger partial charge in [0.15, 0.2) is 5.75 Å². The quantitative estimate of drug-likeness (QED) is 0.470. The molecule has 2 nitrogen and oxygen atoms in total. The molecule has 0 radical (unpaired) electrons. The highest BCUT2D eigenvalue weighted by atomic mass is 32.1. The molecule has 0 amide bonds. The van der Waals surface area contributed by atoms with E-state index in [0.717, 1.165) is 17.1 Å². The van der Waals surface area contributed by atoms with Gasteiger partial charge in [-0.15, -0.1) is 12.6 Å². The predicted octanol–water partition coefficient (Wildman–Crippen LogP) is 1.84. The molecule has 0 aromatic heterocycles. The van der Waals surface area contributed by atoms with Gasteiger partial charge in [0.25, 0.3) is 0 Å². The topological polar surface area (TPSA) is 18.5 Å². The summed E-state index contributed by atoms with van der Waals surface area (Å²) in [6.07, 6.45) is 0.906. The first-order chi connectivity index (χ1) is 5.36. The summed E-state index contributed by atoms with van der Waals surface area (Å²) < 4.78 is 0. The summed E-state index contributed by atoms with van der Waals surface area (Å²) in [5, 5.41) is 0. The third kappa shape index (κ3) is 1.34. The van der Waals surface area contributed by atoms with E-state index < -0.39 is 0 Å². The Morgan fingerprint density at radius 3 is 3.18 bits per heavy atom. The minimum atomic E-state index is 0.629. The molecule has 0 saturated carbocycles. The minimum absolute atomic E-state index is 0.629. The Morgan fingerprint density at radius 2 is 2.27 bits per heavy atom. The third-order valence-electron chi connectivity index (χ3n) is 1.65. The SMILES string of the molecule is Sc1ccc2c(c1)CCOO2. The van der Waals surface area contributed by atoms with E-state index in [1.807, 2.05) is 18.2 Å². The smallest absolute Gasteiger partial charge is 0.168 e. The minimum Gasteiger partial charge on any atom is -0.337 e. The van der Waals surface area contributed by atoms with Crippen molar-refractivity contribution in [2.75, 3.05) is 6.61 Å². The van der Waals surface area contributed by atoms with E-state index in [1.54, 1.807) is 0 Å². The number of thiol groups is 1. The molecule has 1 aliphatic heterocycles. The summed E-state index contributed by atoms with van der Waals surface area (Å²) in [4.78, 5) is 10.7. The van der Waals surface area contributed by atoms with Crippen LogP contribution in [0.2, 0.25) is 0 Å². The van der Waals surface area contributed by atoms with E-state index in [0.29, 0.717) is 6.61 Å². The van der Waals surface area contributed by atoms with Crippen molar-refractivity contribution in [3.8, 4) is 5.75 Å². The Hall–Kier alpha value is -0.670. The van der Waals surface area contributed by atoms with Crippen molar-refractivity contribution in [3.05, 3.63) is 23.8 Å². The van der Waals surface area contributed by atoms with Crippen LogP contribution in [0, 0.1) is 0 Å². The molecule has 1 heterocycles. The molecule has 0 spiro atoms. The molecule has 11 heavy (non-hydrogen) atoms.